The summed E-state index contributed by atoms with van der Waals surface area (Å²) in [6.07, 6.45) is 6.42. The van der Waals surface area contributed by atoms with Crippen LogP contribution in [0.1, 0.15) is 32.1 Å². The van der Waals surface area contributed by atoms with Crippen molar-refractivity contribution in [2.24, 2.45) is 0 Å². The van der Waals surface area contributed by atoms with Crippen LogP contribution in [-0.4, -0.2) is 11.0 Å². The number of nitrogens with one attached hydrogen (secondary N) is 1. The molecule has 0 spiro atoms. The van der Waals surface area contributed by atoms with Crippen molar-refractivity contribution in [1.29, 1.82) is 0 Å². The van der Waals surface area contributed by atoms with Crippen molar-refractivity contribution in [2.75, 3.05) is 5.32 Å². The van der Waals surface area contributed by atoms with E-state index in [0.29, 0.717) is 12.1 Å². The summed E-state index contributed by atoms with van der Waals surface area (Å²) in [6.45, 7) is 0. The second-order valence-electron chi connectivity index (χ2n) is 4.59. The Morgan fingerprint density at radius 1 is 1.24 bits per heavy atom. The third-order valence-electron chi connectivity index (χ3n) is 3.30. The number of halogens is 1. The molecule has 0 amide bonds. The van der Waals surface area contributed by atoms with E-state index in [-0.39, 0.29) is 0 Å². The van der Waals surface area contributed by atoms with E-state index in [1.165, 1.54) is 32.1 Å². The first kappa shape index (κ1) is 11.1. The Hall–Kier alpha value is -1.03. The minimum atomic E-state index is 0.524. The van der Waals surface area contributed by atoms with E-state index in [1.807, 2.05) is 18.2 Å². The Morgan fingerprint density at radius 2 is 2.06 bits per heavy atom. The van der Waals surface area contributed by atoms with Gasteiger partial charge in [-0.15, -0.1) is 0 Å². The van der Waals surface area contributed by atoms with Crippen LogP contribution >= 0.6 is 15.9 Å². The van der Waals surface area contributed by atoms with Crippen molar-refractivity contribution in [3.63, 3.8) is 0 Å². The highest BCUT2D eigenvalue weighted by Gasteiger charge is 2.16. The Labute approximate surface area is 109 Å². The van der Waals surface area contributed by atoms with Gasteiger partial charge in [-0.05, 0) is 40.9 Å². The van der Waals surface area contributed by atoms with Gasteiger partial charge in [0, 0.05) is 6.04 Å². The average molecular weight is 295 g/mol. The minimum Gasteiger partial charge on any atom is -0.422 e. The van der Waals surface area contributed by atoms with Crippen molar-refractivity contribution in [2.45, 2.75) is 38.1 Å². The lowest BCUT2D eigenvalue weighted by atomic mass is 9.96. The summed E-state index contributed by atoms with van der Waals surface area (Å²) in [5, 5.41) is 3.40. The van der Waals surface area contributed by atoms with E-state index in [9.17, 15) is 0 Å². The van der Waals surface area contributed by atoms with E-state index in [1.54, 1.807) is 0 Å². The van der Waals surface area contributed by atoms with Gasteiger partial charge in [0.25, 0.3) is 6.01 Å². The van der Waals surface area contributed by atoms with Crippen molar-refractivity contribution in [1.82, 2.24) is 4.98 Å². The molecular weight excluding hydrogens is 280 g/mol. The predicted octanol–water partition coefficient (Wildman–Crippen LogP) is 4.33. The highest BCUT2D eigenvalue weighted by Crippen LogP contribution is 2.28. The van der Waals surface area contributed by atoms with Gasteiger partial charge in [-0.25, -0.2) is 0 Å². The first-order chi connectivity index (χ1) is 8.33. The third-order valence-corrected chi connectivity index (χ3v) is 3.92. The number of rotatable bonds is 2. The number of hydrogen-bond donors (Lipinski definition) is 1. The molecule has 0 saturated heterocycles. The molecule has 1 aromatic heterocycles. The molecule has 1 aliphatic rings. The number of para-hydroxylation sites is 1. The molecule has 3 rings (SSSR count). The fourth-order valence-corrected chi connectivity index (χ4v) is 2.84. The molecule has 2 aromatic rings. The highest BCUT2D eigenvalue weighted by molar-refractivity contribution is 9.10. The molecule has 1 fully saturated rings. The van der Waals surface area contributed by atoms with Crippen molar-refractivity contribution in [3.05, 3.63) is 22.7 Å². The molecule has 1 saturated carbocycles. The van der Waals surface area contributed by atoms with Gasteiger partial charge in [0.1, 0.15) is 5.52 Å². The molecule has 1 aliphatic carbocycles. The van der Waals surface area contributed by atoms with E-state index in [2.05, 4.69) is 26.2 Å². The van der Waals surface area contributed by atoms with E-state index < -0.39 is 0 Å². The third kappa shape index (κ3) is 2.32. The normalized spacial score (nSPS) is 17.5. The fourth-order valence-electron chi connectivity index (χ4n) is 2.40. The number of nitrogens with zero attached hydrogens (tertiary/aromatic N) is 1. The number of anilines is 1. The van der Waals surface area contributed by atoms with Gasteiger partial charge in [-0.2, -0.15) is 4.98 Å². The van der Waals surface area contributed by atoms with Crippen LogP contribution in [0.25, 0.3) is 11.1 Å². The molecule has 1 N–H and O–H groups in total. The maximum Gasteiger partial charge on any atom is 0.295 e. The summed E-state index contributed by atoms with van der Waals surface area (Å²) in [5.41, 5.74) is 1.73. The smallest absolute Gasteiger partial charge is 0.295 e. The zero-order chi connectivity index (χ0) is 11.7. The molecule has 3 nitrogen and oxygen atoms in total. The number of benzene rings is 1. The van der Waals surface area contributed by atoms with Gasteiger partial charge in [0.15, 0.2) is 5.58 Å². The first-order valence-corrected chi connectivity index (χ1v) is 6.94. The maximum atomic E-state index is 5.73. The zero-order valence-electron chi connectivity index (χ0n) is 9.58. The second kappa shape index (κ2) is 4.69. The Morgan fingerprint density at radius 3 is 2.82 bits per heavy atom. The van der Waals surface area contributed by atoms with Crippen molar-refractivity contribution in [3.8, 4) is 0 Å². The maximum absolute atomic E-state index is 5.73. The Kier molecular flexibility index (Phi) is 3.05. The summed E-state index contributed by atoms with van der Waals surface area (Å²) in [4.78, 5) is 4.46. The zero-order valence-corrected chi connectivity index (χ0v) is 11.2. The van der Waals surface area contributed by atoms with Gasteiger partial charge in [0.05, 0.1) is 4.47 Å². The lowest BCUT2D eigenvalue weighted by Crippen LogP contribution is -2.22. The van der Waals surface area contributed by atoms with Crippen molar-refractivity contribution < 1.29 is 4.42 Å². The van der Waals surface area contributed by atoms with E-state index >= 15 is 0 Å². The van der Waals surface area contributed by atoms with Crippen LogP contribution in [0.4, 0.5) is 6.01 Å². The molecule has 17 heavy (non-hydrogen) atoms. The van der Waals surface area contributed by atoms with Crippen LogP contribution in [0.3, 0.4) is 0 Å². The fraction of sp³-hybridized carbons (Fsp3) is 0.462. The van der Waals surface area contributed by atoms with Gasteiger partial charge in [0.2, 0.25) is 0 Å². The number of hydrogen-bond acceptors (Lipinski definition) is 3. The standard InChI is InChI=1S/C13H15BrN2O/c14-10-7-4-8-11-12(10)17-13(16-11)15-9-5-2-1-3-6-9/h4,7-9H,1-3,5-6H2,(H,15,16). The van der Waals surface area contributed by atoms with Gasteiger partial charge in [-0.1, -0.05) is 25.3 Å². The summed E-state index contributed by atoms with van der Waals surface area (Å²) in [7, 11) is 0. The number of aromatic nitrogens is 1. The molecule has 1 aromatic carbocycles. The molecule has 1 heterocycles. The summed E-state index contributed by atoms with van der Waals surface area (Å²) < 4.78 is 6.69. The largest absolute Gasteiger partial charge is 0.422 e. The molecule has 0 unspecified atom stereocenters. The van der Waals surface area contributed by atoms with Crippen LogP contribution in [0.15, 0.2) is 27.1 Å². The van der Waals surface area contributed by atoms with Gasteiger partial charge in [-0.3, -0.25) is 0 Å². The Bertz CT molecular complexity index is 517. The van der Waals surface area contributed by atoms with E-state index in [0.717, 1.165) is 15.6 Å². The lowest BCUT2D eigenvalue weighted by molar-refractivity contribution is 0.451. The minimum absolute atomic E-state index is 0.524. The Balaban J connectivity index is 1.83. The summed E-state index contributed by atoms with van der Waals surface area (Å²) in [5.74, 6) is 0. The molecule has 0 radical (unpaired) electrons. The first-order valence-electron chi connectivity index (χ1n) is 6.14. The van der Waals surface area contributed by atoms with Crippen LogP contribution < -0.4 is 5.32 Å². The topological polar surface area (TPSA) is 38.1 Å². The lowest BCUT2D eigenvalue weighted by Gasteiger charge is -2.21. The van der Waals surface area contributed by atoms with Gasteiger partial charge >= 0.3 is 0 Å². The molecule has 4 heteroatoms. The summed E-state index contributed by atoms with van der Waals surface area (Å²) in [6, 6.07) is 7.08. The highest BCUT2D eigenvalue weighted by atomic mass is 79.9. The molecular formula is C13H15BrN2O. The van der Waals surface area contributed by atoms with Crippen LogP contribution in [0, 0.1) is 0 Å². The second-order valence-corrected chi connectivity index (χ2v) is 5.44. The SMILES string of the molecule is Brc1cccc2nc(NC3CCCCC3)oc12. The van der Waals surface area contributed by atoms with Crippen LogP contribution in [0.5, 0.6) is 0 Å². The molecule has 0 atom stereocenters. The van der Waals surface area contributed by atoms with E-state index in [4.69, 9.17) is 4.42 Å². The molecule has 0 aliphatic heterocycles. The monoisotopic (exact) mass is 294 g/mol. The molecule has 90 valence electrons. The van der Waals surface area contributed by atoms with Crippen molar-refractivity contribution >= 4 is 33.0 Å². The van der Waals surface area contributed by atoms with Gasteiger partial charge < -0.3 is 9.73 Å². The summed E-state index contributed by atoms with van der Waals surface area (Å²) >= 11 is 3.47. The predicted molar refractivity (Wildman–Crippen MR) is 72.2 cm³/mol. The quantitative estimate of drug-likeness (QED) is 0.896. The van der Waals surface area contributed by atoms with Crippen LogP contribution in [-0.2, 0) is 0 Å². The number of oxazole rings is 1. The number of fused-ring (bicyclic) bond motifs is 1. The van der Waals surface area contributed by atoms with Crippen LogP contribution in [0.2, 0.25) is 0 Å². The average Bonchev–Trinajstić information content (AvgIpc) is 2.74. The molecule has 0 bridgehead atoms.